The van der Waals surface area contributed by atoms with Gasteiger partial charge in [0.25, 0.3) is 5.78 Å². The number of hydrogen-bond donors (Lipinski definition) is 1. The van der Waals surface area contributed by atoms with Crippen molar-refractivity contribution >= 4 is 57.3 Å². The quantitative estimate of drug-likeness (QED) is 0.0400. The SMILES string of the molecule is CCCCOc1ccc([C@@H]2C(=C(O)c3ccc4c(c3)OCCO4)C(=O)C(=O)N2c2nnc(SCc3ccccc3Cl)s2)cc1OCC. The molecule has 2 aliphatic rings. The first-order valence-corrected chi connectivity index (χ1v) is 17.4. The molecule has 0 radical (unpaired) electrons. The number of ether oxygens (including phenoxy) is 4. The summed E-state index contributed by atoms with van der Waals surface area (Å²) < 4.78 is 23.8. The van der Waals surface area contributed by atoms with E-state index in [2.05, 4.69) is 17.1 Å². The maximum absolute atomic E-state index is 13.8. The number of benzene rings is 3. The molecule has 4 aromatic rings. The van der Waals surface area contributed by atoms with E-state index in [4.69, 9.17) is 30.5 Å². The lowest BCUT2D eigenvalue weighted by atomic mass is 9.95. The third kappa shape index (κ3) is 6.90. The van der Waals surface area contributed by atoms with Crippen molar-refractivity contribution in [1.82, 2.24) is 10.2 Å². The number of Topliss-reactive ketones (excluding diaryl/α,β-unsaturated/α-hetero) is 1. The largest absolute Gasteiger partial charge is 0.507 e. The highest BCUT2D eigenvalue weighted by molar-refractivity contribution is 8.00. The minimum absolute atomic E-state index is 0.103. The molecule has 47 heavy (non-hydrogen) atoms. The number of aromatic nitrogens is 2. The smallest absolute Gasteiger partial charge is 0.301 e. The number of fused-ring (bicyclic) bond motifs is 1. The van der Waals surface area contributed by atoms with Crippen molar-refractivity contribution in [1.29, 1.82) is 0 Å². The third-order valence-electron chi connectivity index (χ3n) is 7.51. The van der Waals surface area contributed by atoms with Crippen LogP contribution in [-0.2, 0) is 15.3 Å². The monoisotopic (exact) mass is 693 g/mol. The highest BCUT2D eigenvalue weighted by Gasteiger charge is 2.48. The molecule has 0 aliphatic carbocycles. The average molecular weight is 694 g/mol. The minimum atomic E-state index is -1.04. The lowest BCUT2D eigenvalue weighted by Gasteiger charge is -2.24. The van der Waals surface area contributed by atoms with E-state index in [0.29, 0.717) is 75.7 Å². The molecular weight excluding hydrogens is 662 g/mol. The van der Waals surface area contributed by atoms with E-state index in [-0.39, 0.29) is 16.5 Å². The van der Waals surface area contributed by atoms with Gasteiger partial charge in [0.2, 0.25) is 5.13 Å². The van der Waals surface area contributed by atoms with Crippen LogP contribution in [0.5, 0.6) is 23.0 Å². The van der Waals surface area contributed by atoms with Crippen molar-refractivity contribution in [2.24, 2.45) is 0 Å². The maximum Gasteiger partial charge on any atom is 0.301 e. The highest BCUT2D eigenvalue weighted by Crippen LogP contribution is 2.46. The Hall–Kier alpha value is -4.26. The second kappa shape index (κ2) is 14.7. The van der Waals surface area contributed by atoms with Gasteiger partial charge in [-0.2, -0.15) is 0 Å². The summed E-state index contributed by atoms with van der Waals surface area (Å²) in [6.07, 6.45) is 1.84. The summed E-state index contributed by atoms with van der Waals surface area (Å²) in [5.74, 6) is 0.451. The molecule has 3 heterocycles. The molecule has 0 saturated carbocycles. The van der Waals surface area contributed by atoms with E-state index in [0.717, 1.165) is 18.4 Å². The summed E-state index contributed by atoms with van der Waals surface area (Å²) in [5, 5.41) is 21.2. The lowest BCUT2D eigenvalue weighted by Crippen LogP contribution is -2.29. The number of carbonyl (C=O) groups is 2. The molecule has 10 nitrogen and oxygen atoms in total. The molecule has 1 atom stereocenters. The fourth-order valence-electron chi connectivity index (χ4n) is 5.21. The van der Waals surface area contributed by atoms with Gasteiger partial charge < -0.3 is 24.1 Å². The number of unbranched alkanes of at least 4 members (excludes halogenated alkanes) is 1. The zero-order chi connectivity index (χ0) is 32.9. The highest BCUT2D eigenvalue weighted by atomic mass is 35.5. The predicted molar refractivity (Wildman–Crippen MR) is 181 cm³/mol. The molecule has 6 rings (SSSR count). The Bertz CT molecular complexity index is 1830. The molecule has 1 N–H and O–H groups in total. The topological polar surface area (TPSA) is 120 Å². The van der Waals surface area contributed by atoms with Gasteiger partial charge in [-0.15, -0.1) is 10.2 Å². The van der Waals surface area contributed by atoms with Crippen LogP contribution in [0, 0.1) is 0 Å². The Morgan fingerprint density at radius 1 is 1.02 bits per heavy atom. The van der Waals surface area contributed by atoms with E-state index in [9.17, 15) is 14.7 Å². The number of aliphatic hydroxyl groups is 1. The molecule has 13 heteroatoms. The van der Waals surface area contributed by atoms with Gasteiger partial charge in [-0.05, 0) is 60.9 Å². The number of aliphatic hydroxyl groups excluding tert-OH is 1. The summed E-state index contributed by atoms with van der Waals surface area (Å²) in [7, 11) is 0. The van der Waals surface area contributed by atoms with Crippen LogP contribution in [-0.4, -0.2) is 53.4 Å². The number of ketones is 1. The fourth-order valence-corrected chi connectivity index (χ4v) is 7.37. The number of thioether (sulfide) groups is 1. The second-order valence-electron chi connectivity index (χ2n) is 10.6. The van der Waals surface area contributed by atoms with Gasteiger partial charge in [0.05, 0.1) is 24.8 Å². The Kier molecular flexibility index (Phi) is 10.2. The van der Waals surface area contributed by atoms with Gasteiger partial charge in [-0.25, -0.2) is 0 Å². The van der Waals surface area contributed by atoms with Crippen molar-refractivity contribution in [2.45, 2.75) is 42.8 Å². The van der Waals surface area contributed by atoms with Gasteiger partial charge in [0, 0.05) is 16.3 Å². The number of rotatable bonds is 12. The Morgan fingerprint density at radius 3 is 2.62 bits per heavy atom. The zero-order valence-corrected chi connectivity index (χ0v) is 28.1. The van der Waals surface area contributed by atoms with Crippen molar-refractivity contribution < 1.29 is 33.6 Å². The molecule has 0 unspecified atom stereocenters. The van der Waals surface area contributed by atoms with Gasteiger partial charge in [0.15, 0.2) is 27.3 Å². The van der Waals surface area contributed by atoms with Crippen LogP contribution in [0.1, 0.15) is 49.4 Å². The average Bonchev–Trinajstić information content (AvgIpc) is 3.66. The molecule has 1 amide bonds. The first kappa shape index (κ1) is 32.7. The summed E-state index contributed by atoms with van der Waals surface area (Å²) in [4.78, 5) is 28.9. The van der Waals surface area contributed by atoms with Crippen molar-refractivity contribution in [3.63, 3.8) is 0 Å². The molecule has 3 aromatic carbocycles. The Labute approximate surface area is 285 Å². The van der Waals surface area contributed by atoms with E-state index in [1.807, 2.05) is 31.2 Å². The summed E-state index contributed by atoms with van der Waals surface area (Å²) >= 11 is 8.93. The van der Waals surface area contributed by atoms with Gasteiger partial charge >= 0.3 is 5.91 Å². The molecule has 1 fully saturated rings. The van der Waals surface area contributed by atoms with Crippen LogP contribution in [0.2, 0.25) is 5.02 Å². The van der Waals surface area contributed by atoms with Gasteiger partial charge in [0.1, 0.15) is 19.0 Å². The van der Waals surface area contributed by atoms with Crippen LogP contribution in [0.4, 0.5) is 5.13 Å². The number of anilines is 1. The maximum atomic E-state index is 13.8. The van der Waals surface area contributed by atoms with Crippen LogP contribution in [0.3, 0.4) is 0 Å². The van der Waals surface area contributed by atoms with Gasteiger partial charge in [-0.1, -0.05) is 72.3 Å². The number of halogens is 1. The van der Waals surface area contributed by atoms with Crippen molar-refractivity contribution in [3.05, 3.63) is 87.9 Å². The number of nitrogens with zero attached hydrogens (tertiary/aromatic N) is 3. The normalized spacial score (nSPS) is 16.8. The third-order valence-corrected chi connectivity index (χ3v) is 9.98. The predicted octanol–water partition coefficient (Wildman–Crippen LogP) is 7.46. The van der Waals surface area contributed by atoms with Crippen LogP contribution in [0.15, 0.2) is 70.6 Å². The standard InChI is InChI=1S/C34H32ClN3O7S2/c1-3-5-14-43-24-12-10-20(17-26(24)42-4-2)29-28(30(39)21-11-13-25-27(18-21)45-16-15-44-25)31(40)32(41)38(29)33-36-37-34(47-33)46-19-22-8-6-7-9-23(22)35/h6-13,17-18,29,39H,3-5,14-16,19H2,1-2H3/t29-/m1/s1. The summed E-state index contributed by atoms with van der Waals surface area (Å²) in [5.41, 5.74) is 1.65. The van der Waals surface area contributed by atoms with Crippen LogP contribution < -0.4 is 23.8 Å². The first-order valence-electron chi connectivity index (χ1n) is 15.2. The van der Waals surface area contributed by atoms with Crippen molar-refractivity contribution in [2.75, 3.05) is 31.3 Å². The number of carbonyl (C=O) groups excluding carboxylic acids is 2. The van der Waals surface area contributed by atoms with E-state index >= 15 is 0 Å². The molecule has 0 bridgehead atoms. The number of amides is 1. The van der Waals surface area contributed by atoms with E-state index in [1.54, 1.807) is 36.4 Å². The number of hydrogen-bond acceptors (Lipinski definition) is 11. The van der Waals surface area contributed by atoms with Crippen LogP contribution >= 0.6 is 34.7 Å². The second-order valence-corrected chi connectivity index (χ2v) is 13.2. The molecular formula is C34H32ClN3O7S2. The summed E-state index contributed by atoms with van der Waals surface area (Å²) in [6.45, 7) is 5.58. The molecule has 0 spiro atoms. The lowest BCUT2D eigenvalue weighted by molar-refractivity contribution is -0.132. The van der Waals surface area contributed by atoms with E-state index in [1.165, 1.54) is 28.0 Å². The minimum Gasteiger partial charge on any atom is -0.507 e. The first-order chi connectivity index (χ1) is 22.9. The van der Waals surface area contributed by atoms with Crippen molar-refractivity contribution in [3.8, 4) is 23.0 Å². The fraction of sp³-hybridized carbons (Fsp3) is 0.294. The van der Waals surface area contributed by atoms with Gasteiger partial charge in [-0.3, -0.25) is 14.5 Å². The van der Waals surface area contributed by atoms with Crippen LogP contribution in [0.25, 0.3) is 5.76 Å². The Balaban J connectivity index is 1.42. The summed E-state index contributed by atoms with van der Waals surface area (Å²) in [6, 6.07) is 16.6. The molecule has 1 saturated heterocycles. The molecule has 1 aromatic heterocycles. The molecule has 2 aliphatic heterocycles. The zero-order valence-electron chi connectivity index (χ0n) is 25.7. The van der Waals surface area contributed by atoms with E-state index < -0.39 is 17.7 Å². The Morgan fingerprint density at radius 2 is 1.83 bits per heavy atom. The molecule has 244 valence electrons.